The number of carbonyl (C=O) groups is 2. The summed E-state index contributed by atoms with van der Waals surface area (Å²) in [5.41, 5.74) is 0.422. The normalized spacial score (nSPS) is 18.5. The smallest absolute Gasteiger partial charge is 0.337 e. The second kappa shape index (κ2) is 6.58. The molecule has 0 spiro atoms. The predicted octanol–water partition coefficient (Wildman–Crippen LogP) is 1.80. The van der Waals surface area contributed by atoms with E-state index < -0.39 is 5.97 Å². The number of nitrogens with zero attached hydrogens (tertiary/aromatic N) is 2. The van der Waals surface area contributed by atoms with Crippen molar-refractivity contribution in [3.8, 4) is 0 Å². The number of carboxylic acids is 1. The minimum absolute atomic E-state index is 0.0971. The molecule has 0 aromatic heterocycles. The fraction of sp³-hybridized carbons (Fsp3) is 0.467. The molecule has 1 aromatic rings. The molecular weight excluding hydrogens is 270 g/mol. The van der Waals surface area contributed by atoms with E-state index in [4.69, 9.17) is 5.11 Å². The minimum atomic E-state index is -1.05. The second-order valence-electron chi connectivity index (χ2n) is 5.58. The zero-order valence-corrected chi connectivity index (χ0v) is 12.4. The Morgan fingerprint density at radius 2 is 2.14 bits per heavy atom. The third-order valence-electron chi connectivity index (χ3n) is 3.77. The summed E-state index contributed by atoms with van der Waals surface area (Å²) in [6.45, 7) is 2.72. The first-order valence-corrected chi connectivity index (χ1v) is 7.00. The second-order valence-corrected chi connectivity index (χ2v) is 5.58. The number of carboxylic acid groups (broad SMARTS) is 1. The highest BCUT2D eigenvalue weighted by Gasteiger charge is 2.23. The van der Waals surface area contributed by atoms with Crippen LogP contribution in [0.25, 0.3) is 0 Å². The molecule has 2 rings (SSSR count). The molecule has 1 atom stereocenters. The molecule has 1 heterocycles. The van der Waals surface area contributed by atoms with Gasteiger partial charge in [-0.05, 0) is 38.1 Å². The van der Waals surface area contributed by atoms with Crippen molar-refractivity contribution < 1.29 is 14.7 Å². The van der Waals surface area contributed by atoms with E-state index in [0.717, 1.165) is 19.5 Å². The summed E-state index contributed by atoms with van der Waals surface area (Å²) in [6.07, 6.45) is 1.08. The molecule has 1 saturated heterocycles. The monoisotopic (exact) mass is 291 g/mol. The highest BCUT2D eigenvalue weighted by atomic mass is 16.4. The largest absolute Gasteiger partial charge is 0.478 e. The van der Waals surface area contributed by atoms with Crippen molar-refractivity contribution in [2.24, 2.45) is 5.92 Å². The number of anilines is 1. The Hall–Kier alpha value is -2.08. The maximum absolute atomic E-state index is 12.2. The molecule has 1 aliphatic rings. The van der Waals surface area contributed by atoms with Crippen LogP contribution in [0.5, 0.6) is 0 Å². The van der Waals surface area contributed by atoms with Crippen LogP contribution in [0.2, 0.25) is 0 Å². The fourth-order valence-electron chi connectivity index (χ4n) is 2.63. The molecule has 0 saturated carbocycles. The molecule has 1 aliphatic heterocycles. The molecular formula is C15H21N3O3. The van der Waals surface area contributed by atoms with Crippen LogP contribution >= 0.6 is 0 Å². The predicted molar refractivity (Wildman–Crippen MR) is 80.7 cm³/mol. The topological polar surface area (TPSA) is 72.9 Å². The number of nitrogens with one attached hydrogen (secondary N) is 1. The summed E-state index contributed by atoms with van der Waals surface area (Å²) >= 11 is 0. The quantitative estimate of drug-likeness (QED) is 0.887. The van der Waals surface area contributed by atoms with Crippen LogP contribution in [0.1, 0.15) is 16.8 Å². The Bertz CT molecular complexity index is 533. The molecule has 114 valence electrons. The van der Waals surface area contributed by atoms with Crippen molar-refractivity contribution in [1.82, 2.24) is 9.80 Å². The van der Waals surface area contributed by atoms with E-state index in [2.05, 4.69) is 17.3 Å². The van der Waals surface area contributed by atoms with Gasteiger partial charge in [0.05, 0.1) is 11.3 Å². The molecule has 1 fully saturated rings. The van der Waals surface area contributed by atoms with E-state index in [0.29, 0.717) is 18.2 Å². The molecule has 0 bridgehead atoms. The number of carbonyl (C=O) groups excluding carboxylic acids is 1. The van der Waals surface area contributed by atoms with Gasteiger partial charge in [-0.3, -0.25) is 0 Å². The highest BCUT2D eigenvalue weighted by molar-refractivity contribution is 5.99. The van der Waals surface area contributed by atoms with Gasteiger partial charge in [-0.1, -0.05) is 12.1 Å². The lowest BCUT2D eigenvalue weighted by atomic mass is 10.1. The number of para-hydroxylation sites is 1. The van der Waals surface area contributed by atoms with Crippen LogP contribution in [0, 0.1) is 5.92 Å². The molecule has 6 heteroatoms. The zero-order valence-electron chi connectivity index (χ0n) is 12.4. The first-order chi connectivity index (χ1) is 9.97. The zero-order chi connectivity index (χ0) is 15.4. The minimum Gasteiger partial charge on any atom is -0.478 e. The summed E-state index contributed by atoms with van der Waals surface area (Å²) in [4.78, 5) is 27.1. The fourth-order valence-corrected chi connectivity index (χ4v) is 2.63. The Morgan fingerprint density at radius 1 is 1.43 bits per heavy atom. The van der Waals surface area contributed by atoms with Crippen LogP contribution in [0.3, 0.4) is 0 Å². The maximum Gasteiger partial charge on any atom is 0.337 e. The summed E-state index contributed by atoms with van der Waals surface area (Å²) in [5.74, 6) is -0.577. The number of amides is 2. The van der Waals surface area contributed by atoms with Crippen molar-refractivity contribution in [3.63, 3.8) is 0 Å². The Balaban J connectivity index is 1.96. The number of aromatic carboxylic acids is 1. The van der Waals surface area contributed by atoms with Crippen LogP contribution in [-0.4, -0.2) is 60.6 Å². The molecule has 1 aromatic carbocycles. The molecule has 6 nitrogen and oxygen atoms in total. The summed E-state index contributed by atoms with van der Waals surface area (Å²) in [6, 6.07) is 6.13. The SMILES string of the molecule is CN1CCC(CN(C)C(=O)Nc2ccccc2C(=O)O)C1. The van der Waals surface area contributed by atoms with Crippen molar-refractivity contribution in [3.05, 3.63) is 29.8 Å². The van der Waals surface area contributed by atoms with Gasteiger partial charge in [0.25, 0.3) is 0 Å². The van der Waals surface area contributed by atoms with Gasteiger partial charge in [-0.2, -0.15) is 0 Å². The van der Waals surface area contributed by atoms with Gasteiger partial charge in [0.2, 0.25) is 0 Å². The van der Waals surface area contributed by atoms with E-state index in [1.54, 1.807) is 30.1 Å². The van der Waals surface area contributed by atoms with Crippen LogP contribution in [0.4, 0.5) is 10.5 Å². The first kappa shape index (κ1) is 15.3. The van der Waals surface area contributed by atoms with Crippen LogP contribution in [0.15, 0.2) is 24.3 Å². The Morgan fingerprint density at radius 3 is 2.76 bits per heavy atom. The number of likely N-dealkylation sites (tertiary alicyclic amines) is 1. The van der Waals surface area contributed by atoms with Crippen molar-refractivity contribution in [1.29, 1.82) is 0 Å². The first-order valence-electron chi connectivity index (χ1n) is 7.00. The van der Waals surface area contributed by atoms with Gasteiger partial charge in [0.15, 0.2) is 0 Å². The molecule has 21 heavy (non-hydrogen) atoms. The molecule has 1 unspecified atom stereocenters. The summed E-state index contributed by atoms with van der Waals surface area (Å²) in [5, 5.41) is 11.8. The maximum atomic E-state index is 12.2. The van der Waals surface area contributed by atoms with Gasteiger partial charge in [-0.15, -0.1) is 0 Å². The van der Waals surface area contributed by atoms with Gasteiger partial charge in [0.1, 0.15) is 0 Å². The van der Waals surface area contributed by atoms with Crippen LogP contribution in [-0.2, 0) is 0 Å². The highest BCUT2D eigenvalue weighted by Crippen LogP contribution is 2.18. The number of hydrogen-bond donors (Lipinski definition) is 2. The van der Waals surface area contributed by atoms with Gasteiger partial charge in [0, 0.05) is 20.1 Å². The van der Waals surface area contributed by atoms with E-state index >= 15 is 0 Å². The Kier molecular flexibility index (Phi) is 4.80. The Labute approximate surface area is 124 Å². The van der Waals surface area contributed by atoms with E-state index in [1.165, 1.54) is 6.07 Å². The molecule has 0 radical (unpaired) electrons. The van der Waals surface area contributed by atoms with Crippen LogP contribution < -0.4 is 5.32 Å². The van der Waals surface area contributed by atoms with Gasteiger partial charge >= 0.3 is 12.0 Å². The average molecular weight is 291 g/mol. The standard InChI is InChI=1S/C15H21N3O3/c1-17-8-7-11(9-17)10-18(2)15(21)16-13-6-4-3-5-12(13)14(19)20/h3-6,11H,7-10H2,1-2H3,(H,16,21)(H,19,20). The lowest BCUT2D eigenvalue weighted by Crippen LogP contribution is -2.36. The number of hydrogen-bond acceptors (Lipinski definition) is 3. The molecule has 0 aliphatic carbocycles. The summed E-state index contributed by atoms with van der Waals surface area (Å²) < 4.78 is 0. The van der Waals surface area contributed by atoms with E-state index in [1.807, 2.05) is 0 Å². The average Bonchev–Trinajstić information content (AvgIpc) is 2.84. The third-order valence-corrected chi connectivity index (χ3v) is 3.77. The van der Waals surface area contributed by atoms with Crippen molar-refractivity contribution in [2.45, 2.75) is 6.42 Å². The van der Waals surface area contributed by atoms with Gasteiger partial charge in [-0.25, -0.2) is 9.59 Å². The van der Waals surface area contributed by atoms with Crippen molar-refractivity contribution in [2.75, 3.05) is 39.0 Å². The van der Waals surface area contributed by atoms with E-state index in [-0.39, 0.29) is 11.6 Å². The van der Waals surface area contributed by atoms with E-state index in [9.17, 15) is 9.59 Å². The van der Waals surface area contributed by atoms with Crippen molar-refractivity contribution >= 4 is 17.7 Å². The summed E-state index contributed by atoms with van der Waals surface area (Å²) in [7, 11) is 3.81. The number of rotatable bonds is 4. The number of benzene rings is 1. The third kappa shape index (κ3) is 3.95. The lowest BCUT2D eigenvalue weighted by Gasteiger charge is -2.22. The number of urea groups is 1. The lowest BCUT2D eigenvalue weighted by molar-refractivity contribution is 0.0698. The van der Waals surface area contributed by atoms with Gasteiger partial charge < -0.3 is 20.2 Å². The molecule has 2 amide bonds. The molecule has 2 N–H and O–H groups in total.